The lowest BCUT2D eigenvalue weighted by atomic mass is 9.91. The molecule has 3 aromatic rings. The summed E-state index contributed by atoms with van der Waals surface area (Å²) in [6.07, 6.45) is 3.11. The van der Waals surface area contributed by atoms with E-state index in [4.69, 9.17) is 0 Å². The first-order chi connectivity index (χ1) is 14.3. The average Bonchev–Trinajstić information content (AvgIpc) is 3.05. The molecule has 0 aromatic carbocycles. The quantitative estimate of drug-likeness (QED) is 0.662. The van der Waals surface area contributed by atoms with Crippen molar-refractivity contribution in [2.45, 2.75) is 51.6 Å². The lowest BCUT2D eigenvalue weighted by Gasteiger charge is -2.30. The lowest BCUT2D eigenvalue weighted by molar-refractivity contribution is 0.302. The highest BCUT2D eigenvalue weighted by Crippen LogP contribution is 2.28. The van der Waals surface area contributed by atoms with Crippen molar-refractivity contribution >= 4 is 5.82 Å². The van der Waals surface area contributed by atoms with Gasteiger partial charge in [0.2, 0.25) is 0 Å². The lowest BCUT2D eigenvalue weighted by Crippen LogP contribution is -2.36. The van der Waals surface area contributed by atoms with Gasteiger partial charge >= 0.3 is 5.69 Å². The Balaban J connectivity index is 1.48. The maximum absolute atomic E-state index is 12.4. The molecule has 0 unspecified atom stereocenters. The van der Waals surface area contributed by atoms with E-state index >= 15 is 0 Å². The van der Waals surface area contributed by atoms with E-state index in [9.17, 15) is 14.4 Å². The predicted molar refractivity (Wildman–Crippen MR) is 112 cm³/mol. The molecule has 0 amide bonds. The van der Waals surface area contributed by atoms with Crippen molar-refractivity contribution in [1.82, 2.24) is 29.1 Å². The van der Waals surface area contributed by atoms with Gasteiger partial charge in [-0.3, -0.25) is 19.1 Å². The summed E-state index contributed by atoms with van der Waals surface area (Å²) >= 11 is 0. The van der Waals surface area contributed by atoms with Crippen LogP contribution in [0.4, 0.5) is 5.82 Å². The van der Waals surface area contributed by atoms with Crippen LogP contribution in [0.1, 0.15) is 43.1 Å². The molecular weight excluding hydrogens is 386 g/mol. The minimum absolute atomic E-state index is 0.00448. The van der Waals surface area contributed by atoms with Crippen LogP contribution in [-0.4, -0.2) is 35.2 Å². The first-order valence-corrected chi connectivity index (χ1v) is 10.0. The van der Waals surface area contributed by atoms with Crippen LogP contribution < -0.4 is 22.1 Å². The predicted octanol–water partition coefficient (Wildman–Crippen LogP) is 1.03. The van der Waals surface area contributed by atoms with Crippen LogP contribution in [0.25, 0.3) is 5.82 Å². The average molecular weight is 411 g/mol. The fourth-order valence-corrected chi connectivity index (χ4v) is 3.97. The van der Waals surface area contributed by atoms with E-state index in [1.807, 2.05) is 19.9 Å². The standard InChI is InChI=1S/C20H25N7O3/c1-12-10-13(2)26(23-12)17-8-9-18(28)27(24-17)15-6-4-14(5-7-15)21-16-11-19(29)25(3)20(30)22-16/h8-11,14-15,21H,4-7H2,1-3H3,(H,22,30). The Morgan fingerprint density at radius 1 is 1.00 bits per heavy atom. The molecule has 1 aliphatic carbocycles. The van der Waals surface area contributed by atoms with Gasteiger partial charge in [-0.2, -0.15) is 5.10 Å². The minimum atomic E-state index is -0.449. The van der Waals surface area contributed by atoms with Crippen molar-refractivity contribution < 1.29 is 0 Å². The van der Waals surface area contributed by atoms with E-state index in [1.54, 1.807) is 15.4 Å². The maximum atomic E-state index is 12.4. The molecule has 0 saturated heterocycles. The van der Waals surface area contributed by atoms with E-state index in [2.05, 4.69) is 20.5 Å². The Kier molecular flexibility index (Phi) is 5.15. The normalized spacial score (nSPS) is 19.0. The van der Waals surface area contributed by atoms with E-state index in [0.29, 0.717) is 11.6 Å². The molecule has 4 rings (SSSR count). The van der Waals surface area contributed by atoms with Crippen LogP contribution in [0.15, 0.2) is 38.6 Å². The number of H-pyrrole nitrogens is 1. The Morgan fingerprint density at radius 2 is 1.73 bits per heavy atom. The second-order valence-corrected chi connectivity index (χ2v) is 7.85. The number of nitrogens with zero attached hydrogens (tertiary/aromatic N) is 5. The van der Waals surface area contributed by atoms with Crippen molar-refractivity contribution in [2.75, 3.05) is 5.32 Å². The highest BCUT2D eigenvalue weighted by atomic mass is 16.2. The summed E-state index contributed by atoms with van der Waals surface area (Å²) < 4.78 is 4.32. The van der Waals surface area contributed by atoms with Crippen LogP contribution in [-0.2, 0) is 7.05 Å². The van der Waals surface area contributed by atoms with Gasteiger partial charge in [-0.15, -0.1) is 5.10 Å². The van der Waals surface area contributed by atoms with Crippen molar-refractivity contribution in [3.05, 3.63) is 66.8 Å². The second kappa shape index (κ2) is 7.77. The number of aromatic amines is 1. The van der Waals surface area contributed by atoms with E-state index in [-0.39, 0.29) is 23.2 Å². The fourth-order valence-electron chi connectivity index (χ4n) is 3.97. The molecule has 30 heavy (non-hydrogen) atoms. The van der Waals surface area contributed by atoms with Gasteiger partial charge in [-0.25, -0.2) is 14.2 Å². The summed E-state index contributed by atoms with van der Waals surface area (Å²) in [6.45, 7) is 3.87. The van der Waals surface area contributed by atoms with Gasteiger partial charge in [0.25, 0.3) is 11.1 Å². The number of aryl methyl sites for hydroxylation is 2. The third-order valence-corrected chi connectivity index (χ3v) is 5.58. The van der Waals surface area contributed by atoms with Gasteiger partial charge in [0.05, 0.1) is 11.7 Å². The van der Waals surface area contributed by atoms with Crippen molar-refractivity contribution in [2.24, 2.45) is 7.05 Å². The van der Waals surface area contributed by atoms with Crippen LogP contribution in [0.2, 0.25) is 0 Å². The van der Waals surface area contributed by atoms with Gasteiger partial charge < -0.3 is 5.32 Å². The Hall–Kier alpha value is -3.43. The fraction of sp³-hybridized carbons (Fsp3) is 0.450. The van der Waals surface area contributed by atoms with Gasteiger partial charge in [-0.1, -0.05) is 0 Å². The zero-order valence-corrected chi connectivity index (χ0v) is 17.3. The molecule has 10 nitrogen and oxygen atoms in total. The smallest absolute Gasteiger partial charge is 0.329 e. The molecule has 0 spiro atoms. The Bertz CT molecular complexity index is 1210. The first-order valence-electron chi connectivity index (χ1n) is 10.0. The number of nitrogens with one attached hydrogen (secondary N) is 2. The second-order valence-electron chi connectivity index (χ2n) is 7.85. The molecule has 0 atom stereocenters. The maximum Gasteiger partial charge on any atom is 0.329 e. The van der Waals surface area contributed by atoms with Crippen LogP contribution in [0.5, 0.6) is 0 Å². The Labute approximate surface area is 172 Å². The number of hydrogen-bond donors (Lipinski definition) is 2. The molecule has 3 heterocycles. The molecule has 0 radical (unpaired) electrons. The molecule has 158 valence electrons. The number of aromatic nitrogens is 6. The van der Waals surface area contributed by atoms with Crippen LogP contribution in [0, 0.1) is 13.8 Å². The number of hydrogen-bond acceptors (Lipinski definition) is 6. The summed E-state index contributed by atoms with van der Waals surface area (Å²) in [5.74, 6) is 1.05. The molecule has 2 N–H and O–H groups in total. The molecule has 3 aromatic heterocycles. The number of anilines is 1. The molecule has 10 heteroatoms. The van der Waals surface area contributed by atoms with E-state index in [1.165, 1.54) is 19.2 Å². The highest BCUT2D eigenvalue weighted by molar-refractivity contribution is 5.33. The third kappa shape index (κ3) is 3.85. The SMILES string of the molecule is Cc1cc(C)n(-c2ccc(=O)n(C3CCC(Nc4cc(=O)n(C)c(=O)[nH]4)CC3)n2)n1. The number of rotatable bonds is 4. The zero-order valence-electron chi connectivity index (χ0n) is 17.3. The summed E-state index contributed by atoms with van der Waals surface area (Å²) in [4.78, 5) is 38.7. The van der Waals surface area contributed by atoms with Crippen LogP contribution in [0.3, 0.4) is 0 Å². The molecule has 0 bridgehead atoms. The molecule has 1 saturated carbocycles. The van der Waals surface area contributed by atoms with E-state index in [0.717, 1.165) is 41.6 Å². The highest BCUT2D eigenvalue weighted by Gasteiger charge is 2.24. The van der Waals surface area contributed by atoms with Crippen molar-refractivity contribution in [3.8, 4) is 5.82 Å². The largest absolute Gasteiger partial charge is 0.369 e. The summed E-state index contributed by atoms with van der Waals surface area (Å²) in [5, 5.41) is 12.3. The van der Waals surface area contributed by atoms with Crippen molar-refractivity contribution in [3.63, 3.8) is 0 Å². The van der Waals surface area contributed by atoms with Crippen LogP contribution >= 0.6 is 0 Å². The summed E-state index contributed by atoms with van der Waals surface area (Å²) in [7, 11) is 1.43. The minimum Gasteiger partial charge on any atom is -0.369 e. The monoisotopic (exact) mass is 411 g/mol. The van der Waals surface area contributed by atoms with Gasteiger partial charge in [0.15, 0.2) is 5.82 Å². The van der Waals surface area contributed by atoms with Gasteiger partial charge in [0, 0.05) is 30.9 Å². The molecule has 0 aliphatic heterocycles. The summed E-state index contributed by atoms with van der Waals surface area (Å²) in [5.41, 5.74) is 0.920. The van der Waals surface area contributed by atoms with Gasteiger partial charge in [-0.05, 0) is 51.7 Å². The van der Waals surface area contributed by atoms with Gasteiger partial charge in [0.1, 0.15) is 5.82 Å². The Morgan fingerprint density at radius 3 is 2.37 bits per heavy atom. The van der Waals surface area contributed by atoms with E-state index < -0.39 is 5.69 Å². The summed E-state index contributed by atoms with van der Waals surface area (Å²) in [6, 6.07) is 6.69. The first kappa shape index (κ1) is 19.9. The third-order valence-electron chi connectivity index (χ3n) is 5.58. The molecule has 1 fully saturated rings. The topological polar surface area (TPSA) is 120 Å². The zero-order chi connectivity index (χ0) is 21.4. The molecular formula is C20H25N7O3. The van der Waals surface area contributed by atoms with Crippen molar-refractivity contribution in [1.29, 1.82) is 0 Å². The molecule has 1 aliphatic rings.